The summed E-state index contributed by atoms with van der Waals surface area (Å²) in [6, 6.07) is 8.45. The molecule has 9 nitrogen and oxygen atoms in total. The van der Waals surface area contributed by atoms with Crippen molar-refractivity contribution in [3.63, 3.8) is 0 Å². The molecule has 2 heterocycles. The van der Waals surface area contributed by atoms with Gasteiger partial charge in [-0.05, 0) is 30.2 Å². The summed E-state index contributed by atoms with van der Waals surface area (Å²) in [5.41, 5.74) is 7.17. The molecule has 2 aromatic rings. The molecule has 1 fully saturated rings. The van der Waals surface area contributed by atoms with Crippen molar-refractivity contribution in [1.82, 2.24) is 15.2 Å². The Labute approximate surface area is 212 Å². The van der Waals surface area contributed by atoms with E-state index in [1.54, 1.807) is 57.4 Å². The van der Waals surface area contributed by atoms with Crippen molar-refractivity contribution >= 4 is 17.6 Å². The number of β-amino-alcohol motifs (C(OH)–C–C–N with tert-alkyl or cyclic N) is 1. The Balaban J connectivity index is 1.75. The van der Waals surface area contributed by atoms with Gasteiger partial charge >= 0.3 is 0 Å². The van der Waals surface area contributed by atoms with Crippen molar-refractivity contribution in [3.05, 3.63) is 59.9 Å². The Hall–Kier alpha value is -3.30. The Morgan fingerprint density at radius 3 is 2.50 bits per heavy atom. The number of nitrogens with two attached hydrogens (primary N) is 1. The Bertz CT molecular complexity index is 1070. The number of para-hydroxylation sites is 1. The van der Waals surface area contributed by atoms with Crippen LogP contribution in [-0.2, 0) is 20.8 Å². The highest BCUT2D eigenvalue weighted by atomic mass is 16.5. The maximum absolute atomic E-state index is 13.4. The molecule has 0 radical (unpaired) electrons. The number of nitrogens with zero attached hydrogens (tertiary/aromatic N) is 2. The molecule has 0 spiro atoms. The fourth-order valence-corrected chi connectivity index (χ4v) is 4.48. The lowest BCUT2D eigenvalue weighted by Gasteiger charge is -2.29. The summed E-state index contributed by atoms with van der Waals surface area (Å²) in [5, 5.41) is 13.2. The summed E-state index contributed by atoms with van der Waals surface area (Å²) in [6.07, 6.45) is 2.75. The molecule has 3 rings (SSSR count). The van der Waals surface area contributed by atoms with Crippen LogP contribution in [0.4, 0.5) is 0 Å². The number of ketones is 1. The highest BCUT2D eigenvalue weighted by molar-refractivity contribution is 5.95. The van der Waals surface area contributed by atoms with E-state index in [0.29, 0.717) is 17.7 Å². The molecule has 2 amide bonds. The number of hydrogen-bond acceptors (Lipinski definition) is 7. The molecule has 3 unspecified atom stereocenters. The van der Waals surface area contributed by atoms with E-state index in [9.17, 15) is 19.5 Å². The van der Waals surface area contributed by atoms with Gasteiger partial charge in [-0.25, -0.2) is 0 Å². The topological polar surface area (TPSA) is 135 Å². The zero-order chi connectivity index (χ0) is 26.5. The average molecular weight is 497 g/mol. The number of aromatic nitrogens is 1. The van der Waals surface area contributed by atoms with Gasteiger partial charge in [0.05, 0.1) is 19.3 Å². The van der Waals surface area contributed by atoms with E-state index in [-0.39, 0.29) is 31.1 Å². The van der Waals surface area contributed by atoms with Gasteiger partial charge in [0.25, 0.3) is 0 Å². The standard InChI is InChI=1S/C27H36N4O5/c1-27(2,3)25(34)21(13-17-9-11-29-12-10-17)30-26(35)22-14-18(32)16-31(22)24(33)15-20(28)19-7-5-6-8-23(19)36-4/h5-12,18,20-22,32H,13-16,28H2,1-4H3,(H,30,35)/t18?,20?,21?,22-/m0/s1. The van der Waals surface area contributed by atoms with E-state index < -0.39 is 35.6 Å². The Kier molecular flexibility index (Phi) is 8.81. The number of benzene rings is 1. The zero-order valence-electron chi connectivity index (χ0n) is 21.3. The number of aliphatic hydroxyl groups is 1. The fraction of sp³-hybridized carbons (Fsp3) is 0.481. The number of hydrogen-bond donors (Lipinski definition) is 3. The number of rotatable bonds is 9. The second-order valence-electron chi connectivity index (χ2n) is 10.2. The van der Waals surface area contributed by atoms with Gasteiger partial charge in [0.15, 0.2) is 5.78 Å². The van der Waals surface area contributed by atoms with Gasteiger partial charge in [0, 0.05) is 48.8 Å². The minimum absolute atomic E-state index is 0.0256. The van der Waals surface area contributed by atoms with Gasteiger partial charge < -0.3 is 25.8 Å². The van der Waals surface area contributed by atoms with Crippen molar-refractivity contribution in [2.75, 3.05) is 13.7 Å². The second-order valence-corrected chi connectivity index (χ2v) is 10.2. The van der Waals surface area contributed by atoms with Crippen LogP contribution >= 0.6 is 0 Å². The molecule has 4 N–H and O–H groups in total. The van der Waals surface area contributed by atoms with Gasteiger partial charge in [-0.1, -0.05) is 39.0 Å². The first-order valence-corrected chi connectivity index (χ1v) is 12.1. The highest BCUT2D eigenvalue weighted by Gasteiger charge is 2.41. The Morgan fingerprint density at radius 1 is 1.19 bits per heavy atom. The molecule has 0 bridgehead atoms. The predicted octanol–water partition coefficient (Wildman–Crippen LogP) is 1.78. The number of carbonyl (C=O) groups excluding carboxylic acids is 3. The summed E-state index contributed by atoms with van der Waals surface area (Å²) >= 11 is 0. The van der Waals surface area contributed by atoms with E-state index in [1.165, 1.54) is 12.0 Å². The molecule has 1 aliphatic heterocycles. The van der Waals surface area contributed by atoms with Crippen molar-refractivity contribution < 1.29 is 24.2 Å². The van der Waals surface area contributed by atoms with Crippen molar-refractivity contribution in [2.45, 2.75) is 64.3 Å². The summed E-state index contributed by atoms with van der Waals surface area (Å²) in [7, 11) is 1.53. The number of methoxy groups -OCH3 is 1. The summed E-state index contributed by atoms with van der Waals surface area (Å²) in [4.78, 5) is 45.1. The van der Waals surface area contributed by atoms with Crippen LogP contribution in [-0.4, -0.2) is 64.4 Å². The first-order chi connectivity index (χ1) is 17.0. The van der Waals surface area contributed by atoms with Crippen LogP contribution < -0.4 is 15.8 Å². The van der Waals surface area contributed by atoms with Crippen LogP contribution in [0.1, 0.15) is 50.8 Å². The van der Waals surface area contributed by atoms with Gasteiger partial charge in [-0.15, -0.1) is 0 Å². The molecule has 1 aromatic heterocycles. The summed E-state index contributed by atoms with van der Waals surface area (Å²) in [6.45, 7) is 5.43. The molecule has 4 atom stereocenters. The fourth-order valence-electron chi connectivity index (χ4n) is 4.48. The average Bonchev–Trinajstić information content (AvgIpc) is 3.25. The van der Waals surface area contributed by atoms with E-state index in [2.05, 4.69) is 10.3 Å². The van der Waals surface area contributed by atoms with E-state index in [4.69, 9.17) is 10.5 Å². The molecule has 1 aromatic carbocycles. The van der Waals surface area contributed by atoms with Crippen molar-refractivity contribution in [1.29, 1.82) is 0 Å². The monoisotopic (exact) mass is 496 g/mol. The number of amides is 2. The third kappa shape index (κ3) is 6.67. The maximum atomic E-state index is 13.4. The van der Waals surface area contributed by atoms with Gasteiger partial charge in [0.2, 0.25) is 11.8 Å². The van der Waals surface area contributed by atoms with Crippen LogP contribution in [0.3, 0.4) is 0 Å². The van der Waals surface area contributed by atoms with E-state index in [1.807, 2.05) is 12.1 Å². The molecular formula is C27H36N4O5. The third-order valence-electron chi connectivity index (χ3n) is 6.40. The van der Waals surface area contributed by atoms with Crippen molar-refractivity contribution in [3.8, 4) is 5.75 Å². The predicted molar refractivity (Wildman–Crippen MR) is 135 cm³/mol. The quantitative estimate of drug-likeness (QED) is 0.482. The number of likely N-dealkylation sites (tertiary alicyclic amines) is 1. The van der Waals surface area contributed by atoms with Crippen LogP contribution in [0.2, 0.25) is 0 Å². The molecule has 0 aliphatic carbocycles. The second kappa shape index (κ2) is 11.6. The molecule has 0 saturated carbocycles. The lowest BCUT2D eigenvalue weighted by Crippen LogP contribution is -2.53. The highest BCUT2D eigenvalue weighted by Crippen LogP contribution is 2.28. The van der Waals surface area contributed by atoms with Gasteiger partial charge in [-0.3, -0.25) is 19.4 Å². The molecule has 1 saturated heterocycles. The number of aliphatic hydroxyl groups excluding tert-OH is 1. The zero-order valence-corrected chi connectivity index (χ0v) is 21.3. The summed E-state index contributed by atoms with van der Waals surface area (Å²) < 4.78 is 5.35. The van der Waals surface area contributed by atoms with Gasteiger partial charge in [0.1, 0.15) is 11.8 Å². The summed E-state index contributed by atoms with van der Waals surface area (Å²) in [5.74, 6) is -0.365. The number of carbonyl (C=O) groups is 3. The van der Waals surface area contributed by atoms with Crippen LogP contribution in [0.15, 0.2) is 48.8 Å². The van der Waals surface area contributed by atoms with Gasteiger partial charge in [-0.2, -0.15) is 0 Å². The third-order valence-corrected chi connectivity index (χ3v) is 6.40. The van der Waals surface area contributed by atoms with E-state index >= 15 is 0 Å². The first kappa shape index (κ1) is 27.3. The molecular weight excluding hydrogens is 460 g/mol. The maximum Gasteiger partial charge on any atom is 0.243 e. The molecule has 36 heavy (non-hydrogen) atoms. The van der Waals surface area contributed by atoms with Crippen LogP contribution in [0, 0.1) is 5.41 Å². The number of ether oxygens (including phenoxy) is 1. The Morgan fingerprint density at radius 2 is 1.86 bits per heavy atom. The lowest BCUT2D eigenvalue weighted by atomic mass is 9.84. The molecule has 1 aliphatic rings. The minimum atomic E-state index is -0.898. The normalized spacial score (nSPS) is 19.4. The molecule has 9 heteroatoms. The number of nitrogens with one attached hydrogen (secondary N) is 1. The smallest absolute Gasteiger partial charge is 0.243 e. The van der Waals surface area contributed by atoms with Crippen LogP contribution in [0.5, 0.6) is 5.75 Å². The minimum Gasteiger partial charge on any atom is -0.496 e. The SMILES string of the molecule is COc1ccccc1C(N)CC(=O)N1CC(O)C[C@H]1C(=O)NC(Cc1ccncc1)C(=O)C(C)(C)C. The first-order valence-electron chi connectivity index (χ1n) is 12.1. The van der Waals surface area contributed by atoms with Crippen LogP contribution in [0.25, 0.3) is 0 Å². The van der Waals surface area contributed by atoms with Crippen molar-refractivity contribution in [2.24, 2.45) is 11.1 Å². The molecule has 194 valence electrons. The largest absolute Gasteiger partial charge is 0.496 e. The lowest BCUT2D eigenvalue weighted by molar-refractivity contribution is -0.140. The number of Topliss-reactive ketones (excluding diaryl/α,β-unsaturated/α-hetero) is 1. The number of pyridine rings is 1. The van der Waals surface area contributed by atoms with E-state index in [0.717, 1.165) is 5.56 Å².